The number of H-pyrrole nitrogens is 1. The minimum atomic E-state index is -0.373. The Morgan fingerprint density at radius 3 is 2.77 bits per heavy atom. The molecule has 0 saturated carbocycles. The van der Waals surface area contributed by atoms with Crippen LogP contribution in [-0.2, 0) is 11.3 Å². The van der Waals surface area contributed by atoms with Crippen molar-refractivity contribution in [3.63, 3.8) is 0 Å². The van der Waals surface area contributed by atoms with Crippen molar-refractivity contribution in [1.82, 2.24) is 20.1 Å². The Morgan fingerprint density at radius 2 is 2.15 bits per heavy atom. The van der Waals surface area contributed by atoms with Crippen molar-refractivity contribution in [3.05, 3.63) is 36.2 Å². The number of morpholine rings is 1. The van der Waals surface area contributed by atoms with E-state index in [1.807, 2.05) is 18.7 Å². The van der Waals surface area contributed by atoms with Gasteiger partial charge in [0.2, 0.25) is 0 Å². The lowest BCUT2D eigenvalue weighted by molar-refractivity contribution is -0.00539. The van der Waals surface area contributed by atoms with Gasteiger partial charge < -0.3 is 19.9 Å². The Bertz CT molecular complexity index is 744. The Hall–Kier alpha value is -2.68. The predicted octanol–water partition coefficient (Wildman–Crippen LogP) is 2.22. The van der Waals surface area contributed by atoms with E-state index in [0.717, 1.165) is 0 Å². The number of nitrogens with zero attached hydrogens (tertiary/aromatic N) is 4. The van der Waals surface area contributed by atoms with Crippen LogP contribution in [0.1, 0.15) is 19.7 Å². The molecular formula is C17H23FN6O2. The van der Waals surface area contributed by atoms with Gasteiger partial charge in [-0.25, -0.2) is 14.2 Å². The molecule has 2 atom stereocenters. The molecule has 1 aromatic heterocycles. The van der Waals surface area contributed by atoms with Crippen molar-refractivity contribution in [2.45, 2.75) is 32.6 Å². The van der Waals surface area contributed by atoms with Gasteiger partial charge in [0.05, 0.1) is 24.4 Å². The Balaban J connectivity index is 1.64. The maximum absolute atomic E-state index is 14.6. The molecule has 0 bridgehead atoms. The molecule has 2 heterocycles. The van der Waals surface area contributed by atoms with Gasteiger partial charge >= 0.3 is 6.03 Å². The number of urea groups is 1. The van der Waals surface area contributed by atoms with Crippen LogP contribution in [0.15, 0.2) is 24.5 Å². The van der Waals surface area contributed by atoms with Crippen molar-refractivity contribution >= 4 is 17.4 Å². The van der Waals surface area contributed by atoms with Gasteiger partial charge in [-0.05, 0) is 32.0 Å². The highest BCUT2D eigenvalue weighted by atomic mass is 19.1. The molecule has 2 N–H and O–H groups in total. The molecule has 0 radical (unpaired) electrons. The summed E-state index contributed by atoms with van der Waals surface area (Å²) in [4.78, 5) is 19.6. The highest BCUT2D eigenvalue weighted by molar-refractivity contribution is 5.89. The molecule has 140 valence electrons. The van der Waals surface area contributed by atoms with E-state index in [1.165, 1.54) is 17.3 Å². The van der Waals surface area contributed by atoms with E-state index in [9.17, 15) is 9.18 Å². The second-order valence-electron chi connectivity index (χ2n) is 6.55. The van der Waals surface area contributed by atoms with Gasteiger partial charge in [0.25, 0.3) is 0 Å². The molecule has 1 fully saturated rings. The van der Waals surface area contributed by atoms with Crippen LogP contribution in [0.3, 0.4) is 0 Å². The number of carbonyl (C=O) groups excluding carboxylic acids is 1. The average Bonchev–Trinajstić information content (AvgIpc) is 3.07. The third-order valence-corrected chi connectivity index (χ3v) is 4.16. The van der Waals surface area contributed by atoms with Gasteiger partial charge in [-0.1, -0.05) is 0 Å². The Labute approximate surface area is 151 Å². The van der Waals surface area contributed by atoms with Crippen LogP contribution < -0.4 is 10.2 Å². The van der Waals surface area contributed by atoms with Crippen molar-refractivity contribution in [2.75, 3.05) is 30.4 Å². The Morgan fingerprint density at radius 1 is 1.42 bits per heavy atom. The highest BCUT2D eigenvalue weighted by Crippen LogP contribution is 2.26. The molecule has 0 aliphatic carbocycles. The summed E-state index contributed by atoms with van der Waals surface area (Å²) in [5.74, 6) is 0.196. The topological polar surface area (TPSA) is 86.4 Å². The third-order valence-electron chi connectivity index (χ3n) is 4.16. The fourth-order valence-corrected chi connectivity index (χ4v) is 3.04. The Kier molecular flexibility index (Phi) is 5.36. The first-order valence-corrected chi connectivity index (χ1v) is 8.48. The summed E-state index contributed by atoms with van der Waals surface area (Å²) in [6, 6.07) is 4.36. The first kappa shape index (κ1) is 18.1. The van der Waals surface area contributed by atoms with Crippen LogP contribution in [0.5, 0.6) is 0 Å². The van der Waals surface area contributed by atoms with Crippen molar-refractivity contribution in [3.8, 4) is 0 Å². The zero-order valence-corrected chi connectivity index (χ0v) is 15.1. The molecule has 1 aliphatic heterocycles. The zero-order chi connectivity index (χ0) is 18.7. The molecule has 0 unspecified atom stereocenters. The van der Waals surface area contributed by atoms with Crippen LogP contribution in [0.25, 0.3) is 0 Å². The minimum Gasteiger partial charge on any atom is -0.372 e. The molecule has 3 rings (SSSR count). The largest absolute Gasteiger partial charge is 0.372 e. The summed E-state index contributed by atoms with van der Waals surface area (Å²) in [7, 11) is 1.62. The molecule has 2 amide bonds. The van der Waals surface area contributed by atoms with E-state index in [-0.39, 0.29) is 30.6 Å². The van der Waals surface area contributed by atoms with Crippen LogP contribution >= 0.6 is 0 Å². The number of ether oxygens (including phenoxy) is 1. The highest BCUT2D eigenvalue weighted by Gasteiger charge is 2.24. The fourth-order valence-electron chi connectivity index (χ4n) is 3.04. The number of amides is 2. The number of nitrogens with one attached hydrogen (secondary N) is 2. The van der Waals surface area contributed by atoms with E-state index in [0.29, 0.717) is 30.3 Å². The lowest BCUT2D eigenvalue weighted by Crippen LogP contribution is -2.45. The predicted molar refractivity (Wildman–Crippen MR) is 95.5 cm³/mol. The normalized spacial score (nSPS) is 20.1. The minimum absolute atomic E-state index is 0.0438. The summed E-state index contributed by atoms with van der Waals surface area (Å²) >= 11 is 0. The smallest absolute Gasteiger partial charge is 0.321 e. The second kappa shape index (κ2) is 7.69. The third kappa shape index (κ3) is 4.29. The number of anilines is 2. The first-order valence-electron chi connectivity index (χ1n) is 8.48. The number of halogens is 1. The average molecular weight is 362 g/mol. The van der Waals surface area contributed by atoms with Crippen LogP contribution in [-0.4, -0.2) is 58.5 Å². The van der Waals surface area contributed by atoms with Gasteiger partial charge in [0, 0.05) is 25.8 Å². The number of aromatic amines is 1. The monoisotopic (exact) mass is 362 g/mol. The summed E-state index contributed by atoms with van der Waals surface area (Å²) in [5, 5.41) is 9.11. The summed E-state index contributed by atoms with van der Waals surface area (Å²) < 4.78 is 20.3. The summed E-state index contributed by atoms with van der Waals surface area (Å²) in [6.07, 6.45) is 1.47. The van der Waals surface area contributed by atoms with Crippen molar-refractivity contribution in [2.24, 2.45) is 0 Å². The maximum Gasteiger partial charge on any atom is 0.321 e. The molecule has 9 heteroatoms. The maximum atomic E-state index is 14.6. The van der Waals surface area contributed by atoms with Gasteiger partial charge in [-0.2, -0.15) is 5.10 Å². The van der Waals surface area contributed by atoms with E-state index >= 15 is 0 Å². The molecule has 2 aromatic rings. The number of hydrogen-bond donors (Lipinski definition) is 2. The second-order valence-corrected chi connectivity index (χ2v) is 6.55. The van der Waals surface area contributed by atoms with Crippen LogP contribution in [0.2, 0.25) is 0 Å². The number of aromatic nitrogens is 3. The quantitative estimate of drug-likeness (QED) is 0.871. The van der Waals surface area contributed by atoms with E-state index in [4.69, 9.17) is 4.74 Å². The first-order chi connectivity index (χ1) is 12.4. The SMILES string of the molecule is C[C@@H]1CN(c2ccc(NC(=O)N(C)Cc3ncn[nH]3)cc2F)C[C@H](C)O1. The molecule has 1 aliphatic rings. The van der Waals surface area contributed by atoms with Gasteiger partial charge in [0.15, 0.2) is 0 Å². The molecule has 26 heavy (non-hydrogen) atoms. The van der Waals surface area contributed by atoms with E-state index < -0.39 is 0 Å². The van der Waals surface area contributed by atoms with Crippen LogP contribution in [0, 0.1) is 5.82 Å². The van der Waals surface area contributed by atoms with E-state index in [2.05, 4.69) is 20.5 Å². The summed E-state index contributed by atoms with van der Waals surface area (Å²) in [5.41, 5.74) is 0.912. The fraction of sp³-hybridized carbons (Fsp3) is 0.471. The van der Waals surface area contributed by atoms with Crippen molar-refractivity contribution < 1.29 is 13.9 Å². The molecule has 0 spiro atoms. The van der Waals surface area contributed by atoms with Crippen molar-refractivity contribution in [1.29, 1.82) is 0 Å². The molecular weight excluding hydrogens is 339 g/mol. The molecule has 1 saturated heterocycles. The number of benzene rings is 1. The van der Waals surface area contributed by atoms with E-state index in [1.54, 1.807) is 19.2 Å². The van der Waals surface area contributed by atoms with Gasteiger partial charge in [0.1, 0.15) is 18.0 Å². The summed E-state index contributed by atoms with van der Waals surface area (Å²) in [6.45, 7) is 5.48. The number of rotatable bonds is 4. The molecule has 8 nitrogen and oxygen atoms in total. The standard InChI is InChI=1S/C17H23FN6O2/c1-11-7-24(8-12(2)26-11)15-5-4-13(6-14(15)18)21-17(25)23(3)9-16-19-10-20-22-16/h4-6,10-12H,7-9H2,1-3H3,(H,21,25)(H,19,20,22)/t11-,12+. The molecule has 1 aromatic carbocycles. The zero-order valence-electron chi connectivity index (χ0n) is 15.1. The number of hydrogen-bond acceptors (Lipinski definition) is 5. The van der Waals surface area contributed by atoms with Crippen LogP contribution in [0.4, 0.5) is 20.6 Å². The number of carbonyl (C=O) groups is 1. The lowest BCUT2D eigenvalue weighted by Gasteiger charge is -2.37. The lowest BCUT2D eigenvalue weighted by atomic mass is 10.2. The van der Waals surface area contributed by atoms with Gasteiger partial charge in [-0.3, -0.25) is 5.10 Å². The van der Waals surface area contributed by atoms with Gasteiger partial charge in [-0.15, -0.1) is 0 Å².